The van der Waals surface area contributed by atoms with E-state index in [4.69, 9.17) is 5.73 Å². The third-order valence-corrected chi connectivity index (χ3v) is 5.94. The van der Waals surface area contributed by atoms with Gasteiger partial charge in [0.2, 0.25) is 10.0 Å². The molecule has 1 aliphatic rings. The van der Waals surface area contributed by atoms with Gasteiger partial charge in [0.1, 0.15) is 0 Å². The molecule has 0 atom stereocenters. The fourth-order valence-corrected chi connectivity index (χ4v) is 4.40. The smallest absolute Gasteiger partial charge is 0.240 e. The molecule has 1 saturated carbocycles. The van der Waals surface area contributed by atoms with Gasteiger partial charge in [0.25, 0.3) is 0 Å². The Morgan fingerprint density at radius 2 is 2.00 bits per heavy atom. The minimum atomic E-state index is -3.42. The fraction of sp³-hybridized carbons (Fsp3) is 0.625. The Morgan fingerprint density at radius 3 is 2.67 bits per heavy atom. The Labute approximate surface area is 128 Å². The highest BCUT2D eigenvalue weighted by Gasteiger charge is 2.18. The van der Waals surface area contributed by atoms with Crippen LogP contribution in [0.25, 0.3) is 0 Å². The summed E-state index contributed by atoms with van der Waals surface area (Å²) in [5, 5.41) is 0. The summed E-state index contributed by atoms with van der Waals surface area (Å²) in [5.41, 5.74) is 7.19. The average molecular weight is 310 g/mol. The van der Waals surface area contributed by atoms with Gasteiger partial charge in [0.05, 0.1) is 4.90 Å². The molecule has 0 aromatic heterocycles. The summed E-state index contributed by atoms with van der Waals surface area (Å²) < 4.78 is 27.5. The van der Waals surface area contributed by atoms with E-state index in [9.17, 15) is 8.42 Å². The van der Waals surface area contributed by atoms with E-state index in [1.807, 2.05) is 19.1 Å². The first-order valence-corrected chi connectivity index (χ1v) is 9.30. The van der Waals surface area contributed by atoms with Gasteiger partial charge in [-0.2, -0.15) is 0 Å². The first-order valence-electron chi connectivity index (χ1n) is 7.82. The minimum Gasteiger partial charge on any atom is -0.326 e. The van der Waals surface area contributed by atoms with Gasteiger partial charge in [-0.1, -0.05) is 37.8 Å². The molecule has 0 amide bonds. The second-order valence-corrected chi connectivity index (χ2v) is 7.73. The number of benzene rings is 1. The Bertz CT molecular complexity index is 564. The molecule has 1 aromatic carbocycles. The van der Waals surface area contributed by atoms with Crippen molar-refractivity contribution in [1.29, 1.82) is 0 Å². The van der Waals surface area contributed by atoms with Crippen molar-refractivity contribution in [3.8, 4) is 0 Å². The third kappa shape index (κ3) is 4.53. The van der Waals surface area contributed by atoms with Crippen LogP contribution in [0.5, 0.6) is 0 Å². The normalized spacial score (nSPS) is 16.5. The van der Waals surface area contributed by atoms with E-state index in [1.165, 1.54) is 25.7 Å². The van der Waals surface area contributed by atoms with Gasteiger partial charge < -0.3 is 5.73 Å². The quantitative estimate of drug-likeness (QED) is 0.761. The molecular formula is C16H26N2O2S. The maximum Gasteiger partial charge on any atom is 0.240 e. The van der Waals surface area contributed by atoms with Crippen molar-refractivity contribution in [1.82, 2.24) is 4.72 Å². The SMILES string of the molecule is Cc1ccc(CN)cc1S(=O)(=O)NCCCC1CCCC1. The molecular weight excluding hydrogens is 284 g/mol. The lowest BCUT2D eigenvalue weighted by atomic mass is 10.0. The summed E-state index contributed by atoms with van der Waals surface area (Å²) in [7, 11) is -3.42. The molecule has 0 heterocycles. The Kier molecular flexibility index (Phi) is 5.79. The summed E-state index contributed by atoms with van der Waals surface area (Å²) in [6.07, 6.45) is 7.33. The number of sulfonamides is 1. The zero-order valence-corrected chi connectivity index (χ0v) is 13.6. The third-order valence-electron chi connectivity index (χ3n) is 4.33. The molecule has 0 spiro atoms. The highest BCUT2D eigenvalue weighted by molar-refractivity contribution is 7.89. The van der Waals surface area contributed by atoms with Crippen LogP contribution in [-0.2, 0) is 16.6 Å². The first-order chi connectivity index (χ1) is 10.0. The number of rotatable bonds is 7. The Morgan fingerprint density at radius 1 is 1.29 bits per heavy atom. The molecule has 1 fully saturated rings. The average Bonchev–Trinajstić information content (AvgIpc) is 2.97. The van der Waals surface area contributed by atoms with E-state index < -0.39 is 10.0 Å². The number of nitrogens with one attached hydrogen (secondary N) is 1. The van der Waals surface area contributed by atoms with Crippen molar-refractivity contribution in [2.24, 2.45) is 11.7 Å². The van der Waals surface area contributed by atoms with Gasteiger partial charge in [-0.25, -0.2) is 13.1 Å². The van der Waals surface area contributed by atoms with Gasteiger partial charge in [0.15, 0.2) is 0 Å². The van der Waals surface area contributed by atoms with Crippen molar-refractivity contribution >= 4 is 10.0 Å². The van der Waals surface area contributed by atoms with Crippen molar-refractivity contribution in [3.05, 3.63) is 29.3 Å². The van der Waals surface area contributed by atoms with Gasteiger partial charge >= 0.3 is 0 Å². The van der Waals surface area contributed by atoms with E-state index in [-0.39, 0.29) is 0 Å². The van der Waals surface area contributed by atoms with Crippen molar-refractivity contribution in [2.75, 3.05) is 6.54 Å². The lowest BCUT2D eigenvalue weighted by Crippen LogP contribution is -2.26. The maximum atomic E-state index is 12.4. The maximum absolute atomic E-state index is 12.4. The molecule has 0 aliphatic heterocycles. The number of hydrogen-bond acceptors (Lipinski definition) is 3. The second-order valence-electron chi connectivity index (χ2n) is 5.99. The largest absolute Gasteiger partial charge is 0.326 e. The molecule has 1 aliphatic carbocycles. The predicted octanol–water partition coefficient (Wildman–Crippen LogP) is 2.70. The summed E-state index contributed by atoms with van der Waals surface area (Å²) >= 11 is 0. The fourth-order valence-electron chi connectivity index (χ4n) is 3.04. The van der Waals surface area contributed by atoms with Crippen molar-refractivity contribution in [3.63, 3.8) is 0 Å². The number of hydrogen-bond donors (Lipinski definition) is 2. The van der Waals surface area contributed by atoms with E-state index in [0.717, 1.165) is 29.9 Å². The van der Waals surface area contributed by atoms with Crippen LogP contribution < -0.4 is 10.5 Å². The monoisotopic (exact) mass is 310 g/mol. The van der Waals surface area contributed by atoms with Crippen LogP contribution in [0.3, 0.4) is 0 Å². The lowest BCUT2D eigenvalue weighted by Gasteiger charge is -2.12. The first kappa shape index (κ1) is 16.5. The molecule has 5 heteroatoms. The number of nitrogens with two attached hydrogens (primary N) is 1. The summed E-state index contributed by atoms with van der Waals surface area (Å²) in [4.78, 5) is 0.353. The molecule has 3 N–H and O–H groups in total. The van der Waals surface area contributed by atoms with Crippen LogP contribution >= 0.6 is 0 Å². The Hall–Kier alpha value is -0.910. The molecule has 118 valence electrons. The molecule has 1 aromatic rings. The summed E-state index contributed by atoms with van der Waals surface area (Å²) in [6.45, 7) is 2.68. The van der Waals surface area contributed by atoms with Crippen LogP contribution in [0, 0.1) is 12.8 Å². The molecule has 0 unspecified atom stereocenters. The molecule has 4 nitrogen and oxygen atoms in total. The minimum absolute atomic E-state index is 0.352. The van der Waals surface area contributed by atoms with Crippen LogP contribution in [0.4, 0.5) is 0 Å². The van der Waals surface area contributed by atoms with E-state index in [2.05, 4.69) is 4.72 Å². The Balaban J connectivity index is 1.91. The molecule has 0 bridgehead atoms. The number of aryl methyl sites for hydroxylation is 1. The molecule has 2 rings (SSSR count). The summed E-state index contributed by atoms with van der Waals surface area (Å²) in [6, 6.07) is 5.36. The highest BCUT2D eigenvalue weighted by Crippen LogP contribution is 2.28. The van der Waals surface area contributed by atoms with Crippen LogP contribution in [0.2, 0.25) is 0 Å². The standard InChI is InChI=1S/C16H26N2O2S/c1-13-8-9-15(12-17)11-16(13)21(19,20)18-10-4-7-14-5-2-3-6-14/h8-9,11,14,18H,2-7,10,12,17H2,1H3. The lowest BCUT2D eigenvalue weighted by molar-refractivity contribution is 0.480. The zero-order valence-electron chi connectivity index (χ0n) is 12.8. The van der Waals surface area contributed by atoms with Crippen molar-refractivity contribution in [2.45, 2.75) is 56.9 Å². The molecule has 21 heavy (non-hydrogen) atoms. The second kappa shape index (κ2) is 7.38. The van der Waals surface area contributed by atoms with Gasteiger partial charge in [-0.05, 0) is 42.9 Å². The van der Waals surface area contributed by atoms with Gasteiger partial charge in [-0.15, -0.1) is 0 Å². The van der Waals surface area contributed by atoms with Crippen LogP contribution in [0.1, 0.15) is 49.7 Å². The van der Waals surface area contributed by atoms with Crippen molar-refractivity contribution < 1.29 is 8.42 Å². The van der Waals surface area contributed by atoms with Gasteiger partial charge in [0, 0.05) is 13.1 Å². The molecule has 0 radical (unpaired) electrons. The van der Waals surface area contributed by atoms with Crippen LogP contribution in [-0.4, -0.2) is 15.0 Å². The van der Waals surface area contributed by atoms with E-state index >= 15 is 0 Å². The molecule has 0 saturated heterocycles. The topological polar surface area (TPSA) is 72.2 Å². The zero-order chi connectivity index (χ0) is 15.3. The van der Waals surface area contributed by atoms with Gasteiger partial charge in [-0.3, -0.25) is 0 Å². The van der Waals surface area contributed by atoms with Crippen LogP contribution in [0.15, 0.2) is 23.1 Å². The highest BCUT2D eigenvalue weighted by atomic mass is 32.2. The van der Waals surface area contributed by atoms with E-state index in [1.54, 1.807) is 6.07 Å². The van der Waals surface area contributed by atoms with E-state index in [0.29, 0.717) is 18.0 Å². The summed E-state index contributed by atoms with van der Waals surface area (Å²) in [5.74, 6) is 0.803. The predicted molar refractivity (Wildman–Crippen MR) is 85.5 cm³/mol.